The second-order valence-corrected chi connectivity index (χ2v) is 9.09. The van der Waals surface area contributed by atoms with E-state index in [0.717, 1.165) is 0 Å². The van der Waals surface area contributed by atoms with Crippen molar-refractivity contribution in [3.8, 4) is 5.75 Å². The van der Waals surface area contributed by atoms with Gasteiger partial charge in [-0.05, 0) is 55.5 Å². The number of halogens is 2. The SMILES string of the molecule is CCOc1ccc(NC(=O)CNc2ccc(Cl)c(S(=O)(=O)c3ccccc3)c2Cl)cc1. The molecule has 6 nitrogen and oxygen atoms in total. The molecule has 3 aromatic carbocycles. The standard InChI is InChI=1S/C22H20Cl2N2O4S/c1-2-30-16-10-8-15(9-11-16)26-20(27)14-25-19-13-12-18(23)22(21(19)24)31(28,29)17-6-4-3-5-7-17/h3-13,25H,2,14H2,1H3,(H,26,27). The molecule has 0 spiro atoms. The van der Waals surface area contributed by atoms with Gasteiger partial charge in [0.1, 0.15) is 10.6 Å². The molecule has 3 rings (SSSR count). The molecule has 31 heavy (non-hydrogen) atoms. The van der Waals surface area contributed by atoms with E-state index in [0.29, 0.717) is 18.0 Å². The van der Waals surface area contributed by atoms with Crippen LogP contribution in [0.5, 0.6) is 5.75 Å². The average Bonchev–Trinajstić information content (AvgIpc) is 2.75. The maximum absolute atomic E-state index is 13.0. The number of anilines is 2. The maximum atomic E-state index is 13.0. The van der Waals surface area contributed by atoms with E-state index >= 15 is 0 Å². The van der Waals surface area contributed by atoms with Gasteiger partial charge in [-0.2, -0.15) is 0 Å². The number of carbonyl (C=O) groups is 1. The molecule has 0 fully saturated rings. The third-order valence-electron chi connectivity index (χ3n) is 4.26. The topological polar surface area (TPSA) is 84.5 Å². The second-order valence-electron chi connectivity index (χ2n) is 6.41. The summed E-state index contributed by atoms with van der Waals surface area (Å²) in [6, 6.07) is 17.8. The summed E-state index contributed by atoms with van der Waals surface area (Å²) >= 11 is 12.5. The highest BCUT2D eigenvalue weighted by Gasteiger charge is 2.26. The molecule has 0 heterocycles. The minimum Gasteiger partial charge on any atom is -0.494 e. The van der Waals surface area contributed by atoms with E-state index in [4.69, 9.17) is 27.9 Å². The maximum Gasteiger partial charge on any atom is 0.243 e. The van der Waals surface area contributed by atoms with Gasteiger partial charge in [-0.15, -0.1) is 0 Å². The normalized spacial score (nSPS) is 11.1. The first-order valence-corrected chi connectivity index (χ1v) is 11.6. The highest BCUT2D eigenvalue weighted by Crippen LogP contribution is 2.38. The number of sulfone groups is 1. The Morgan fingerprint density at radius 2 is 1.65 bits per heavy atom. The Balaban J connectivity index is 1.74. The molecule has 0 atom stereocenters. The van der Waals surface area contributed by atoms with Gasteiger partial charge in [-0.1, -0.05) is 41.4 Å². The summed E-state index contributed by atoms with van der Waals surface area (Å²) in [5, 5.41) is 5.52. The van der Waals surface area contributed by atoms with Gasteiger partial charge in [-0.3, -0.25) is 4.79 Å². The summed E-state index contributed by atoms with van der Waals surface area (Å²) in [5.41, 5.74) is 0.882. The molecule has 1 amide bonds. The van der Waals surface area contributed by atoms with Gasteiger partial charge in [0, 0.05) is 5.69 Å². The summed E-state index contributed by atoms with van der Waals surface area (Å²) in [4.78, 5) is 12.1. The van der Waals surface area contributed by atoms with Crippen LogP contribution in [-0.4, -0.2) is 27.5 Å². The number of benzene rings is 3. The summed E-state index contributed by atoms with van der Waals surface area (Å²) in [6.07, 6.45) is 0. The van der Waals surface area contributed by atoms with Crippen LogP contribution in [0.1, 0.15) is 6.92 Å². The van der Waals surface area contributed by atoms with Crippen LogP contribution in [0.25, 0.3) is 0 Å². The first-order chi connectivity index (χ1) is 14.8. The predicted octanol–water partition coefficient (Wildman–Crippen LogP) is 5.28. The molecule has 0 aromatic heterocycles. The Morgan fingerprint density at radius 3 is 2.29 bits per heavy atom. The van der Waals surface area contributed by atoms with Gasteiger partial charge in [-0.25, -0.2) is 8.42 Å². The zero-order valence-electron chi connectivity index (χ0n) is 16.6. The molecule has 162 valence electrons. The third-order valence-corrected chi connectivity index (χ3v) is 7.05. The molecule has 0 aliphatic heterocycles. The van der Waals surface area contributed by atoms with Crippen LogP contribution in [-0.2, 0) is 14.6 Å². The van der Waals surface area contributed by atoms with E-state index in [1.54, 1.807) is 42.5 Å². The lowest BCUT2D eigenvalue weighted by Crippen LogP contribution is -2.22. The van der Waals surface area contributed by atoms with Crippen LogP contribution in [0, 0.1) is 0 Å². The van der Waals surface area contributed by atoms with Gasteiger partial charge in [0.15, 0.2) is 0 Å². The van der Waals surface area contributed by atoms with Crippen LogP contribution < -0.4 is 15.4 Å². The fraction of sp³-hybridized carbons (Fsp3) is 0.136. The molecule has 0 saturated heterocycles. The second kappa shape index (κ2) is 10.0. The van der Waals surface area contributed by atoms with Crippen molar-refractivity contribution < 1.29 is 17.9 Å². The number of ether oxygens (including phenoxy) is 1. The molecule has 0 aliphatic rings. The van der Waals surface area contributed by atoms with E-state index in [1.165, 1.54) is 24.3 Å². The zero-order chi connectivity index (χ0) is 22.4. The van der Waals surface area contributed by atoms with Crippen molar-refractivity contribution in [1.82, 2.24) is 0 Å². The number of nitrogens with one attached hydrogen (secondary N) is 2. The van der Waals surface area contributed by atoms with Gasteiger partial charge < -0.3 is 15.4 Å². The van der Waals surface area contributed by atoms with Crippen LogP contribution in [0.2, 0.25) is 10.0 Å². The van der Waals surface area contributed by atoms with Crippen molar-refractivity contribution >= 4 is 50.3 Å². The van der Waals surface area contributed by atoms with E-state index in [2.05, 4.69) is 10.6 Å². The summed E-state index contributed by atoms with van der Waals surface area (Å²) < 4.78 is 31.4. The molecule has 0 unspecified atom stereocenters. The molecule has 9 heteroatoms. The van der Waals surface area contributed by atoms with Gasteiger partial charge in [0.2, 0.25) is 15.7 Å². The average molecular weight is 479 g/mol. The smallest absolute Gasteiger partial charge is 0.243 e. The van der Waals surface area contributed by atoms with Crippen LogP contribution in [0.3, 0.4) is 0 Å². The molecule has 2 N–H and O–H groups in total. The summed E-state index contributed by atoms with van der Waals surface area (Å²) in [6.45, 7) is 2.32. The van der Waals surface area contributed by atoms with E-state index in [9.17, 15) is 13.2 Å². The zero-order valence-corrected chi connectivity index (χ0v) is 18.9. The van der Waals surface area contributed by atoms with Gasteiger partial charge in [0.25, 0.3) is 0 Å². The molecule has 0 radical (unpaired) electrons. The van der Waals surface area contributed by atoms with Gasteiger partial charge in [0.05, 0.1) is 33.8 Å². The van der Waals surface area contributed by atoms with Crippen molar-refractivity contribution in [2.24, 2.45) is 0 Å². The Hall–Kier alpha value is -2.74. The minimum absolute atomic E-state index is 0.00163. The lowest BCUT2D eigenvalue weighted by Gasteiger charge is -2.14. The van der Waals surface area contributed by atoms with Crippen LogP contribution in [0.4, 0.5) is 11.4 Å². The Morgan fingerprint density at radius 1 is 0.968 bits per heavy atom. The van der Waals surface area contributed by atoms with Crippen LogP contribution in [0.15, 0.2) is 76.5 Å². The third kappa shape index (κ3) is 5.50. The highest BCUT2D eigenvalue weighted by atomic mass is 35.5. The molecule has 3 aromatic rings. The number of hydrogen-bond donors (Lipinski definition) is 2. The molecule has 0 saturated carbocycles. The number of amides is 1. The summed E-state index contributed by atoms with van der Waals surface area (Å²) in [5.74, 6) is 0.376. The quantitative estimate of drug-likeness (QED) is 0.460. The Kier molecular flexibility index (Phi) is 7.43. The summed E-state index contributed by atoms with van der Waals surface area (Å²) in [7, 11) is -3.94. The van der Waals surface area contributed by atoms with Crippen molar-refractivity contribution in [2.45, 2.75) is 16.7 Å². The molecule has 0 aliphatic carbocycles. The highest BCUT2D eigenvalue weighted by molar-refractivity contribution is 7.91. The van der Waals surface area contributed by atoms with E-state index < -0.39 is 9.84 Å². The fourth-order valence-corrected chi connectivity index (χ4v) is 5.28. The van der Waals surface area contributed by atoms with Crippen molar-refractivity contribution in [3.63, 3.8) is 0 Å². The first kappa shape index (κ1) is 22.9. The Labute approximate surface area is 191 Å². The molecular formula is C22H20Cl2N2O4S. The molecule has 0 bridgehead atoms. The van der Waals surface area contributed by atoms with E-state index in [1.807, 2.05) is 6.92 Å². The molecular weight excluding hydrogens is 459 g/mol. The Bertz CT molecular complexity index is 1170. The number of rotatable bonds is 8. The lowest BCUT2D eigenvalue weighted by molar-refractivity contribution is -0.114. The number of carbonyl (C=O) groups excluding carboxylic acids is 1. The van der Waals surface area contributed by atoms with E-state index in [-0.39, 0.29) is 38.0 Å². The van der Waals surface area contributed by atoms with Crippen molar-refractivity contribution in [1.29, 1.82) is 0 Å². The largest absolute Gasteiger partial charge is 0.494 e. The predicted molar refractivity (Wildman–Crippen MR) is 123 cm³/mol. The first-order valence-electron chi connectivity index (χ1n) is 9.37. The number of hydrogen-bond acceptors (Lipinski definition) is 5. The van der Waals surface area contributed by atoms with Crippen molar-refractivity contribution in [3.05, 3.63) is 76.8 Å². The monoisotopic (exact) mass is 478 g/mol. The lowest BCUT2D eigenvalue weighted by atomic mass is 10.3. The van der Waals surface area contributed by atoms with Gasteiger partial charge >= 0.3 is 0 Å². The minimum atomic E-state index is -3.94. The fourth-order valence-electron chi connectivity index (χ4n) is 2.81. The van der Waals surface area contributed by atoms with Crippen molar-refractivity contribution in [2.75, 3.05) is 23.8 Å². The van der Waals surface area contributed by atoms with Crippen LogP contribution >= 0.6 is 23.2 Å².